The molecule has 1 unspecified atom stereocenters. The summed E-state index contributed by atoms with van der Waals surface area (Å²) in [4.78, 5) is 39.9. The van der Waals surface area contributed by atoms with E-state index >= 15 is 0 Å². The van der Waals surface area contributed by atoms with E-state index in [1.165, 1.54) is 11.0 Å². The summed E-state index contributed by atoms with van der Waals surface area (Å²) in [7, 11) is 0. The number of hydrogen-bond acceptors (Lipinski definition) is 5. The highest BCUT2D eigenvalue weighted by Crippen LogP contribution is 2.34. The molecule has 5 N–H and O–H groups in total. The van der Waals surface area contributed by atoms with Gasteiger partial charge >= 0.3 is 6.09 Å². The van der Waals surface area contributed by atoms with Crippen LogP contribution in [0.25, 0.3) is 0 Å². The van der Waals surface area contributed by atoms with Crippen molar-refractivity contribution in [1.29, 1.82) is 0 Å². The molecule has 0 fully saturated rings. The van der Waals surface area contributed by atoms with Crippen molar-refractivity contribution in [3.63, 3.8) is 0 Å². The number of benzene rings is 3. The van der Waals surface area contributed by atoms with Crippen molar-refractivity contribution in [1.82, 2.24) is 4.90 Å². The monoisotopic (exact) mass is 458 g/mol. The fourth-order valence-electron chi connectivity index (χ4n) is 4.11. The van der Waals surface area contributed by atoms with Gasteiger partial charge in [-0.25, -0.2) is 4.79 Å². The topological polar surface area (TPSA) is 128 Å². The van der Waals surface area contributed by atoms with Gasteiger partial charge in [-0.15, -0.1) is 0 Å². The molecule has 1 heterocycles. The molecule has 8 nitrogen and oxygen atoms in total. The van der Waals surface area contributed by atoms with Gasteiger partial charge in [-0.3, -0.25) is 14.5 Å². The SMILES string of the molecule is CC1(C(=O)Nc2cccc(C(N)=O)c2N)Cc2ccccc2CN1C(=O)OCc1ccccc1. The van der Waals surface area contributed by atoms with Crippen molar-refractivity contribution in [3.05, 3.63) is 95.1 Å². The third kappa shape index (κ3) is 4.43. The largest absolute Gasteiger partial charge is 0.445 e. The number of nitrogen functional groups attached to an aromatic ring is 1. The molecule has 34 heavy (non-hydrogen) atoms. The summed E-state index contributed by atoms with van der Waals surface area (Å²) in [6, 6.07) is 21.6. The third-order valence-electron chi connectivity index (χ3n) is 6.11. The Hall–Kier alpha value is -4.33. The molecule has 0 saturated carbocycles. The standard InChI is InChI=1S/C26H26N4O4/c1-26(24(32)29-21-13-7-12-20(22(21)27)23(28)31)14-18-10-5-6-11-19(18)15-30(26)25(33)34-16-17-8-3-2-4-9-17/h2-13H,14-16,27H2,1H3,(H2,28,31)(H,29,32). The lowest BCUT2D eigenvalue weighted by atomic mass is 9.83. The summed E-state index contributed by atoms with van der Waals surface area (Å²) in [5.41, 5.74) is 13.4. The average molecular weight is 459 g/mol. The maximum absolute atomic E-state index is 13.6. The zero-order valence-corrected chi connectivity index (χ0v) is 18.8. The molecular weight excluding hydrogens is 432 g/mol. The van der Waals surface area contributed by atoms with Crippen LogP contribution in [0, 0.1) is 0 Å². The van der Waals surface area contributed by atoms with Gasteiger partial charge in [-0.2, -0.15) is 0 Å². The molecule has 0 bridgehead atoms. The number of amides is 3. The van der Waals surface area contributed by atoms with E-state index in [4.69, 9.17) is 16.2 Å². The molecule has 1 aliphatic heterocycles. The van der Waals surface area contributed by atoms with E-state index < -0.39 is 23.4 Å². The summed E-state index contributed by atoms with van der Waals surface area (Å²) >= 11 is 0. The summed E-state index contributed by atoms with van der Waals surface area (Å²) in [5.74, 6) is -1.15. The first kappa shape index (κ1) is 22.8. The van der Waals surface area contributed by atoms with Gasteiger partial charge in [0.2, 0.25) is 0 Å². The van der Waals surface area contributed by atoms with Crippen LogP contribution < -0.4 is 16.8 Å². The summed E-state index contributed by atoms with van der Waals surface area (Å²) in [6.07, 6.45) is -0.319. The van der Waals surface area contributed by atoms with Gasteiger partial charge in [-0.05, 0) is 35.7 Å². The molecule has 8 heteroatoms. The van der Waals surface area contributed by atoms with Crippen LogP contribution in [-0.4, -0.2) is 28.3 Å². The van der Waals surface area contributed by atoms with Crippen LogP contribution in [-0.2, 0) is 29.1 Å². The molecule has 0 spiro atoms. The number of carbonyl (C=O) groups excluding carboxylic acids is 3. The van der Waals surface area contributed by atoms with Crippen LogP contribution in [0.1, 0.15) is 34.0 Å². The van der Waals surface area contributed by atoms with Crippen LogP contribution in [0.5, 0.6) is 0 Å². The van der Waals surface area contributed by atoms with Crippen molar-refractivity contribution < 1.29 is 19.1 Å². The lowest BCUT2D eigenvalue weighted by Crippen LogP contribution is -2.60. The number of hydrogen-bond donors (Lipinski definition) is 3. The lowest BCUT2D eigenvalue weighted by molar-refractivity contribution is -0.127. The fraction of sp³-hybridized carbons (Fsp3) is 0.192. The highest BCUT2D eigenvalue weighted by molar-refractivity contribution is 6.06. The normalized spacial score (nSPS) is 16.9. The van der Waals surface area contributed by atoms with E-state index in [0.29, 0.717) is 0 Å². The number of primary amides is 1. The van der Waals surface area contributed by atoms with Gasteiger partial charge in [0, 0.05) is 6.42 Å². The molecule has 174 valence electrons. The second-order valence-electron chi connectivity index (χ2n) is 8.43. The predicted molar refractivity (Wildman–Crippen MR) is 129 cm³/mol. The zero-order chi connectivity index (χ0) is 24.3. The van der Waals surface area contributed by atoms with Crippen LogP contribution in [0.15, 0.2) is 72.8 Å². The Morgan fingerprint density at radius 3 is 2.35 bits per heavy atom. The first-order valence-corrected chi connectivity index (χ1v) is 10.8. The van der Waals surface area contributed by atoms with Crippen LogP contribution in [0.3, 0.4) is 0 Å². The molecule has 0 aromatic heterocycles. The minimum atomic E-state index is -1.27. The second-order valence-corrected chi connectivity index (χ2v) is 8.43. The van der Waals surface area contributed by atoms with Gasteiger partial charge in [0.15, 0.2) is 0 Å². The number of nitrogens with zero attached hydrogens (tertiary/aromatic N) is 1. The summed E-state index contributed by atoms with van der Waals surface area (Å²) in [6.45, 7) is 1.99. The van der Waals surface area contributed by atoms with Gasteiger partial charge < -0.3 is 21.5 Å². The zero-order valence-electron chi connectivity index (χ0n) is 18.8. The van der Waals surface area contributed by atoms with Crippen molar-refractivity contribution in [2.75, 3.05) is 11.1 Å². The number of para-hydroxylation sites is 1. The first-order chi connectivity index (χ1) is 16.3. The van der Waals surface area contributed by atoms with Gasteiger partial charge in [0.05, 0.1) is 23.5 Å². The number of fused-ring (bicyclic) bond motifs is 1. The molecule has 4 rings (SSSR count). The van der Waals surface area contributed by atoms with Crippen LogP contribution in [0.4, 0.5) is 16.2 Å². The Labute approximate surface area is 197 Å². The molecule has 3 aromatic rings. The fourth-order valence-corrected chi connectivity index (χ4v) is 4.11. The average Bonchev–Trinajstić information content (AvgIpc) is 2.83. The van der Waals surface area contributed by atoms with Crippen molar-refractivity contribution >= 4 is 29.3 Å². The summed E-state index contributed by atoms with van der Waals surface area (Å²) < 4.78 is 5.57. The smallest absolute Gasteiger partial charge is 0.411 e. The Morgan fingerprint density at radius 1 is 0.971 bits per heavy atom. The van der Waals surface area contributed by atoms with E-state index in [1.807, 2.05) is 54.6 Å². The van der Waals surface area contributed by atoms with Crippen LogP contribution >= 0.6 is 0 Å². The molecular formula is C26H26N4O4. The molecule has 0 aliphatic carbocycles. The Morgan fingerprint density at radius 2 is 1.65 bits per heavy atom. The number of nitrogens with one attached hydrogen (secondary N) is 1. The van der Waals surface area contributed by atoms with E-state index in [0.717, 1.165) is 16.7 Å². The predicted octanol–water partition coefficient (Wildman–Crippen LogP) is 3.46. The summed E-state index contributed by atoms with van der Waals surface area (Å²) in [5, 5.41) is 2.78. The minimum absolute atomic E-state index is 0.0707. The Kier molecular flexibility index (Phi) is 6.23. The Bertz CT molecular complexity index is 1240. The van der Waals surface area contributed by atoms with E-state index in [9.17, 15) is 14.4 Å². The van der Waals surface area contributed by atoms with Crippen molar-refractivity contribution in [3.8, 4) is 0 Å². The number of rotatable bonds is 5. The van der Waals surface area contributed by atoms with Gasteiger partial charge in [0.1, 0.15) is 12.1 Å². The number of carbonyl (C=O) groups is 3. The highest BCUT2D eigenvalue weighted by atomic mass is 16.6. The van der Waals surface area contributed by atoms with Gasteiger partial charge in [-0.1, -0.05) is 60.7 Å². The molecule has 0 radical (unpaired) electrons. The minimum Gasteiger partial charge on any atom is -0.445 e. The molecule has 0 saturated heterocycles. The number of anilines is 2. The molecule has 3 aromatic carbocycles. The highest BCUT2D eigenvalue weighted by Gasteiger charge is 2.46. The Balaban J connectivity index is 1.63. The quantitative estimate of drug-likeness (QED) is 0.505. The lowest BCUT2D eigenvalue weighted by Gasteiger charge is -2.43. The molecule has 1 atom stereocenters. The second kappa shape index (κ2) is 9.27. The third-order valence-corrected chi connectivity index (χ3v) is 6.11. The van der Waals surface area contributed by atoms with E-state index in [-0.39, 0.29) is 36.5 Å². The van der Waals surface area contributed by atoms with Gasteiger partial charge in [0.25, 0.3) is 11.8 Å². The van der Waals surface area contributed by atoms with Crippen molar-refractivity contribution in [2.24, 2.45) is 5.73 Å². The number of ether oxygens (including phenoxy) is 1. The van der Waals surface area contributed by atoms with E-state index in [1.54, 1.807) is 19.1 Å². The van der Waals surface area contributed by atoms with Crippen molar-refractivity contribution in [2.45, 2.75) is 32.0 Å². The maximum Gasteiger partial charge on any atom is 0.411 e. The van der Waals surface area contributed by atoms with Crippen LogP contribution in [0.2, 0.25) is 0 Å². The number of nitrogens with two attached hydrogens (primary N) is 2. The molecule has 3 amide bonds. The first-order valence-electron chi connectivity index (χ1n) is 10.8. The molecule has 1 aliphatic rings. The van der Waals surface area contributed by atoms with E-state index in [2.05, 4.69) is 5.32 Å². The maximum atomic E-state index is 13.6.